The Kier molecular flexibility index (Phi) is 6.82. The van der Waals surface area contributed by atoms with Gasteiger partial charge >= 0.3 is 5.97 Å². The number of carboxylic acids is 1. The molecule has 10 heteroatoms. The lowest BCUT2D eigenvalue weighted by Crippen LogP contribution is -2.54. The largest absolute Gasteiger partial charge is 0.507 e. The highest BCUT2D eigenvalue weighted by Crippen LogP contribution is 2.38. The number of carboxylic acid groups (broad SMARTS) is 1. The van der Waals surface area contributed by atoms with Crippen LogP contribution in [0.4, 0.5) is 5.95 Å². The monoisotopic (exact) mass is 505 g/mol. The van der Waals surface area contributed by atoms with Crippen LogP contribution in [0.1, 0.15) is 55.6 Å². The Bertz CT molecular complexity index is 1190. The van der Waals surface area contributed by atoms with E-state index >= 15 is 0 Å². The van der Waals surface area contributed by atoms with E-state index in [2.05, 4.69) is 9.80 Å². The van der Waals surface area contributed by atoms with Crippen LogP contribution in [0.25, 0.3) is 5.70 Å². The molecular formula is C27H35N7O3. The van der Waals surface area contributed by atoms with Gasteiger partial charge in [-0.3, -0.25) is 4.79 Å². The second-order valence-electron chi connectivity index (χ2n) is 10.4. The van der Waals surface area contributed by atoms with E-state index in [4.69, 9.17) is 27.2 Å². The van der Waals surface area contributed by atoms with Gasteiger partial charge in [0.1, 0.15) is 11.6 Å². The van der Waals surface area contributed by atoms with E-state index in [9.17, 15) is 15.0 Å². The van der Waals surface area contributed by atoms with E-state index in [1.165, 1.54) is 0 Å². The molecule has 5 rings (SSSR count). The molecule has 0 radical (unpaired) electrons. The lowest BCUT2D eigenvalue weighted by molar-refractivity contribution is -0.142. The molecule has 2 atom stereocenters. The average Bonchev–Trinajstić information content (AvgIpc) is 3.16. The fourth-order valence-corrected chi connectivity index (χ4v) is 6.08. The quantitative estimate of drug-likeness (QED) is 0.367. The molecule has 10 nitrogen and oxygen atoms in total. The number of likely N-dealkylation sites (tertiary alicyclic amines) is 1. The molecule has 2 saturated heterocycles. The van der Waals surface area contributed by atoms with Crippen LogP contribution in [0.15, 0.2) is 54.3 Å². The van der Waals surface area contributed by atoms with Gasteiger partial charge in [-0.25, -0.2) is 9.97 Å². The zero-order valence-corrected chi connectivity index (χ0v) is 20.8. The third kappa shape index (κ3) is 5.00. The van der Waals surface area contributed by atoms with Crippen LogP contribution in [0.5, 0.6) is 5.75 Å². The number of aromatic nitrogens is 2. The number of piperazine rings is 1. The maximum absolute atomic E-state index is 11.2. The minimum atomic E-state index is -0.689. The highest BCUT2D eigenvalue weighted by atomic mass is 16.4. The van der Waals surface area contributed by atoms with Crippen LogP contribution in [-0.4, -0.2) is 56.2 Å². The first-order chi connectivity index (χ1) is 17.8. The van der Waals surface area contributed by atoms with Gasteiger partial charge in [0.15, 0.2) is 0 Å². The summed E-state index contributed by atoms with van der Waals surface area (Å²) in [5.41, 5.74) is 21.2. The molecule has 0 spiro atoms. The Morgan fingerprint density at radius 1 is 0.946 bits per heavy atom. The van der Waals surface area contributed by atoms with Crippen molar-refractivity contribution in [2.75, 3.05) is 18.0 Å². The summed E-state index contributed by atoms with van der Waals surface area (Å²) in [5, 5.41) is 19.4. The van der Waals surface area contributed by atoms with Gasteiger partial charge in [0, 0.05) is 48.8 Å². The molecular weight excluding hydrogens is 470 g/mol. The lowest BCUT2D eigenvalue weighted by Gasteiger charge is -2.42. The zero-order valence-electron chi connectivity index (χ0n) is 20.8. The number of anilines is 1. The number of benzene rings is 1. The van der Waals surface area contributed by atoms with Gasteiger partial charge in [0.25, 0.3) is 0 Å². The molecule has 0 amide bonds. The number of phenols is 1. The van der Waals surface area contributed by atoms with Crippen molar-refractivity contribution < 1.29 is 15.0 Å². The van der Waals surface area contributed by atoms with E-state index in [0.717, 1.165) is 37.2 Å². The molecule has 3 fully saturated rings. The number of para-hydroxylation sites is 1. The summed E-state index contributed by atoms with van der Waals surface area (Å²) in [7, 11) is 0. The Hall–Kier alpha value is -3.95. The van der Waals surface area contributed by atoms with E-state index in [-0.39, 0.29) is 29.6 Å². The third-order valence-corrected chi connectivity index (χ3v) is 8.06. The SMILES string of the molecule is NC(N)=C(/C=C(\N)c1ccccc1O)N1CC2CCC(C1)N2c1ncc(C2CCC(C(=O)O)CC2)cn1. The van der Waals surface area contributed by atoms with Crippen LogP contribution >= 0.6 is 0 Å². The highest BCUT2D eigenvalue weighted by Gasteiger charge is 2.42. The average molecular weight is 506 g/mol. The maximum atomic E-state index is 11.2. The van der Waals surface area contributed by atoms with Crippen molar-refractivity contribution in [2.45, 2.75) is 56.5 Å². The minimum Gasteiger partial charge on any atom is -0.507 e. The van der Waals surface area contributed by atoms with Crippen LogP contribution in [0.3, 0.4) is 0 Å². The smallest absolute Gasteiger partial charge is 0.306 e. The molecule has 1 aromatic carbocycles. The van der Waals surface area contributed by atoms with Crippen LogP contribution in [0, 0.1) is 5.92 Å². The van der Waals surface area contributed by atoms with E-state index < -0.39 is 5.97 Å². The number of allylic oxidation sites excluding steroid dienone is 1. The number of aliphatic carboxylic acids is 1. The lowest BCUT2D eigenvalue weighted by atomic mass is 9.79. The Morgan fingerprint density at radius 2 is 1.57 bits per heavy atom. The molecule has 37 heavy (non-hydrogen) atoms. The zero-order chi connectivity index (χ0) is 26.1. The second-order valence-corrected chi connectivity index (χ2v) is 10.4. The molecule has 3 aliphatic rings. The van der Waals surface area contributed by atoms with Crippen molar-refractivity contribution >= 4 is 17.6 Å². The molecule has 8 N–H and O–H groups in total. The van der Waals surface area contributed by atoms with Crippen LogP contribution in [-0.2, 0) is 4.79 Å². The molecule has 3 heterocycles. The normalized spacial score (nSPS) is 25.7. The summed E-state index contributed by atoms with van der Waals surface area (Å²) in [4.78, 5) is 25.2. The van der Waals surface area contributed by atoms with E-state index in [0.29, 0.717) is 48.8 Å². The van der Waals surface area contributed by atoms with Gasteiger partial charge < -0.3 is 37.2 Å². The van der Waals surface area contributed by atoms with Crippen molar-refractivity contribution in [2.24, 2.45) is 23.1 Å². The van der Waals surface area contributed by atoms with Gasteiger partial charge in [-0.1, -0.05) is 12.1 Å². The maximum Gasteiger partial charge on any atom is 0.306 e. The van der Waals surface area contributed by atoms with Crippen molar-refractivity contribution in [3.05, 3.63) is 65.4 Å². The Morgan fingerprint density at radius 3 is 2.14 bits per heavy atom. The van der Waals surface area contributed by atoms with E-state index in [1.54, 1.807) is 24.3 Å². The number of carbonyl (C=O) groups is 1. The number of aromatic hydroxyl groups is 1. The fourth-order valence-electron chi connectivity index (χ4n) is 6.08. The van der Waals surface area contributed by atoms with Crippen molar-refractivity contribution in [3.8, 4) is 5.75 Å². The van der Waals surface area contributed by atoms with Crippen molar-refractivity contribution in [3.63, 3.8) is 0 Å². The number of hydrogen-bond acceptors (Lipinski definition) is 9. The molecule has 1 aromatic heterocycles. The number of nitrogens with two attached hydrogens (primary N) is 3. The van der Waals surface area contributed by atoms with Gasteiger partial charge in [0.2, 0.25) is 5.95 Å². The topological polar surface area (TPSA) is 168 Å². The van der Waals surface area contributed by atoms with E-state index in [1.807, 2.05) is 18.5 Å². The van der Waals surface area contributed by atoms with Crippen LogP contribution in [0.2, 0.25) is 0 Å². The third-order valence-electron chi connectivity index (χ3n) is 8.06. The molecule has 2 bridgehead atoms. The molecule has 2 aromatic rings. The van der Waals surface area contributed by atoms with Crippen molar-refractivity contribution in [1.82, 2.24) is 14.9 Å². The first kappa shape index (κ1) is 24.7. The first-order valence-corrected chi connectivity index (χ1v) is 12.9. The number of phenolic OH excluding ortho intramolecular Hbond substituents is 1. The predicted molar refractivity (Wildman–Crippen MR) is 141 cm³/mol. The standard InChI is InChI=1S/C27H35N7O3/c28-22(21-3-1-2-4-24(21)35)11-23(25(29)30)33-14-19-9-10-20(15-33)34(19)27-31-12-18(13-32-27)16-5-7-17(8-6-16)26(36)37/h1-4,11-13,16-17,19-20,35H,5-10,14-15,28-30H2,(H,36,37)/b22-11-. The Labute approximate surface area is 216 Å². The number of fused-ring (bicyclic) bond motifs is 2. The first-order valence-electron chi connectivity index (χ1n) is 12.9. The van der Waals surface area contributed by atoms with Gasteiger partial charge in [0.05, 0.1) is 11.6 Å². The molecule has 1 saturated carbocycles. The van der Waals surface area contributed by atoms with Gasteiger partial charge in [-0.05, 0) is 68.2 Å². The summed E-state index contributed by atoms with van der Waals surface area (Å²) in [6, 6.07) is 7.34. The van der Waals surface area contributed by atoms with Crippen molar-refractivity contribution in [1.29, 1.82) is 0 Å². The van der Waals surface area contributed by atoms with Crippen LogP contribution < -0.4 is 22.1 Å². The molecule has 2 unspecified atom stereocenters. The summed E-state index contributed by atoms with van der Waals surface area (Å²) in [5.74, 6) is 0.417. The predicted octanol–water partition coefficient (Wildman–Crippen LogP) is 2.28. The summed E-state index contributed by atoms with van der Waals surface area (Å²) in [6.07, 6.45) is 10.7. The number of hydrogen-bond donors (Lipinski definition) is 5. The highest BCUT2D eigenvalue weighted by molar-refractivity contribution is 5.70. The molecule has 196 valence electrons. The van der Waals surface area contributed by atoms with Gasteiger partial charge in [-0.2, -0.15) is 0 Å². The molecule has 2 aliphatic heterocycles. The summed E-state index contributed by atoms with van der Waals surface area (Å²) < 4.78 is 0. The number of nitrogens with zero attached hydrogens (tertiary/aromatic N) is 4. The molecule has 1 aliphatic carbocycles. The second kappa shape index (κ2) is 10.2. The summed E-state index contributed by atoms with van der Waals surface area (Å²) in [6.45, 7) is 1.41. The fraction of sp³-hybridized carbons (Fsp3) is 0.444. The van der Waals surface area contributed by atoms with Gasteiger partial charge in [-0.15, -0.1) is 0 Å². The minimum absolute atomic E-state index is 0.103. The number of rotatable bonds is 6. The Balaban J connectivity index is 1.28. The summed E-state index contributed by atoms with van der Waals surface area (Å²) >= 11 is 0.